The molecule has 0 radical (unpaired) electrons. The van der Waals surface area contributed by atoms with Gasteiger partial charge in [0.25, 0.3) is 0 Å². The highest BCUT2D eigenvalue weighted by Gasteiger charge is 2.30. The zero-order valence-corrected chi connectivity index (χ0v) is 9.48. The van der Waals surface area contributed by atoms with Gasteiger partial charge in [-0.2, -0.15) is 18.2 Å². The summed E-state index contributed by atoms with van der Waals surface area (Å²) in [7, 11) is 0. The minimum Gasteiger partial charge on any atom is -0.437 e. The maximum atomic E-state index is 12.5. The normalized spacial score (nSPS) is 11.3. The first-order valence-corrected chi connectivity index (χ1v) is 5.09. The van der Waals surface area contributed by atoms with E-state index in [-0.39, 0.29) is 23.3 Å². The number of nitrogen functional groups attached to an aromatic ring is 2. The van der Waals surface area contributed by atoms with Gasteiger partial charge in [-0.1, -0.05) is 6.07 Å². The van der Waals surface area contributed by atoms with E-state index in [1.54, 1.807) is 0 Å². The van der Waals surface area contributed by atoms with Crippen molar-refractivity contribution < 1.29 is 17.9 Å². The molecule has 0 aliphatic heterocycles. The lowest BCUT2D eigenvalue weighted by atomic mass is 10.2. The number of aromatic nitrogens is 2. The summed E-state index contributed by atoms with van der Waals surface area (Å²) in [5.41, 5.74) is 9.96. The Hall–Kier alpha value is -2.51. The summed E-state index contributed by atoms with van der Waals surface area (Å²) in [5.74, 6) is -0.0832. The monoisotopic (exact) mass is 270 g/mol. The topological polar surface area (TPSA) is 87.0 Å². The lowest BCUT2D eigenvalue weighted by Gasteiger charge is -2.09. The van der Waals surface area contributed by atoms with Crippen LogP contribution < -0.4 is 16.2 Å². The van der Waals surface area contributed by atoms with Crippen LogP contribution in [0.1, 0.15) is 5.56 Å². The van der Waals surface area contributed by atoms with Crippen LogP contribution in [0.25, 0.3) is 0 Å². The van der Waals surface area contributed by atoms with Crippen LogP contribution in [-0.4, -0.2) is 9.97 Å². The fraction of sp³-hybridized carbons (Fsp3) is 0.0909. The first-order valence-electron chi connectivity index (χ1n) is 5.09. The molecule has 8 heteroatoms. The van der Waals surface area contributed by atoms with Crippen molar-refractivity contribution in [2.75, 3.05) is 11.5 Å². The average molecular weight is 270 g/mol. The molecule has 5 nitrogen and oxygen atoms in total. The zero-order valence-electron chi connectivity index (χ0n) is 9.48. The first-order chi connectivity index (χ1) is 8.86. The number of hydrogen-bond acceptors (Lipinski definition) is 5. The van der Waals surface area contributed by atoms with Gasteiger partial charge in [-0.05, 0) is 18.2 Å². The molecule has 0 saturated heterocycles. The highest BCUT2D eigenvalue weighted by atomic mass is 19.4. The third-order valence-corrected chi connectivity index (χ3v) is 2.19. The summed E-state index contributed by atoms with van der Waals surface area (Å²) >= 11 is 0. The van der Waals surface area contributed by atoms with Gasteiger partial charge in [0, 0.05) is 0 Å². The minimum absolute atomic E-state index is 0.0201. The van der Waals surface area contributed by atoms with E-state index < -0.39 is 11.7 Å². The molecule has 4 N–H and O–H groups in total. The van der Waals surface area contributed by atoms with Gasteiger partial charge in [-0.25, -0.2) is 4.98 Å². The van der Waals surface area contributed by atoms with Gasteiger partial charge in [0.05, 0.1) is 11.8 Å². The molecule has 1 heterocycles. The molecule has 0 unspecified atom stereocenters. The van der Waals surface area contributed by atoms with Crippen molar-refractivity contribution >= 4 is 11.6 Å². The maximum absolute atomic E-state index is 12.5. The Balaban J connectivity index is 2.26. The number of rotatable bonds is 2. The Morgan fingerprint density at radius 3 is 2.47 bits per heavy atom. The lowest BCUT2D eigenvalue weighted by Crippen LogP contribution is -2.05. The molecular weight excluding hydrogens is 261 g/mol. The number of benzene rings is 1. The molecule has 1 aromatic heterocycles. The second-order valence-corrected chi connectivity index (χ2v) is 3.61. The van der Waals surface area contributed by atoms with Crippen LogP contribution >= 0.6 is 0 Å². The molecule has 2 aromatic rings. The molecule has 2 rings (SSSR count). The third kappa shape index (κ3) is 3.03. The second kappa shape index (κ2) is 4.63. The molecule has 1 aromatic carbocycles. The van der Waals surface area contributed by atoms with Crippen LogP contribution in [0.3, 0.4) is 0 Å². The SMILES string of the molecule is Nc1ncc(Oc2cccc(C(F)(F)F)c2)nc1N. The van der Waals surface area contributed by atoms with Crippen LogP contribution in [0.5, 0.6) is 11.6 Å². The lowest BCUT2D eigenvalue weighted by molar-refractivity contribution is -0.137. The molecule has 0 aliphatic carbocycles. The predicted molar refractivity (Wildman–Crippen MR) is 62.4 cm³/mol. The van der Waals surface area contributed by atoms with Crippen molar-refractivity contribution in [3.63, 3.8) is 0 Å². The second-order valence-electron chi connectivity index (χ2n) is 3.61. The van der Waals surface area contributed by atoms with Crippen molar-refractivity contribution in [3.05, 3.63) is 36.0 Å². The van der Waals surface area contributed by atoms with Crippen LogP contribution in [0.4, 0.5) is 24.8 Å². The molecule has 100 valence electrons. The number of nitrogens with two attached hydrogens (primary N) is 2. The highest BCUT2D eigenvalue weighted by Crippen LogP contribution is 2.32. The molecule has 0 aliphatic rings. The molecule has 0 atom stereocenters. The van der Waals surface area contributed by atoms with E-state index in [4.69, 9.17) is 16.2 Å². The van der Waals surface area contributed by atoms with Crippen molar-refractivity contribution in [1.29, 1.82) is 0 Å². The molecule has 0 fully saturated rings. The van der Waals surface area contributed by atoms with E-state index in [2.05, 4.69) is 9.97 Å². The maximum Gasteiger partial charge on any atom is 0.416 e. The van der Waals surface area contributed by atoms with Crippen LogP contribution in [0.2, 0.25) is 0 Å². The van der Waals surface area contributed by atoms with Gasteiger partial charge in [0.2, 0.25) is 5.88 Å². The molecule has 0 amide bonds. The third-order valence-electron chi connectivity index (χ3n) is 2.19. The fourth-order valence-electron chi connectivity index (χ4n) is 1.30. The smallest absolute Gasteiger partial charge is 0.416 e. The average Bonchev–Trinajstić information content (AvgIpc) is 2.33. The largest absolute Gasteiger partial charge is 0.437 e. The summed E-state index contributed by atoms with van der Waals surface area (Å²) in [6.45, 7) is 0. The van der Waals surface area contributed by atoms with Crippen molar-refractivity contribution in [2.45, 2.75) is 6.18 Å². The molecule has 0 bridgehead atoms. The Labute approximate surface area is 106 Å². The van der Waals surface area contributed by atoms with Gasteiger partial charge < -0.3 is 16.2 Å². The van der Waals surface area contributed by atoms with Crippen LogP contribution in [0, 0.1) is 0 Å². The standard InChI is InChI=1S/C11H9F3N4O/c12-11(13,14)6-2-1-3-7(4-6)19-8-5-17-9(15)10(16)18-8/h1-5H,(H2,15,17)(H2,16,18). The summed E-state index contributed by atoms with van der Waals surface area (Å²) in [5, 5.41) is 0. The quantitative estimate of drug-likeness (QED) is 0.875. The van der Waals surface area contributed by atoms with E-state index in [0.717, 1.165) is 12.1 Å². The van der Waals surface area contributed by atoms with E-state index in [9.17, 15) is 13.2 Å². The highest BCUT2D eigenvalue weighted by molar-refractivity contribution is 5.52. The van der Waals surface area contributed by atoms with E-state index in [1.165, 1.54) is 18.3 Å². The summed E-state index contributed by atoms with van der Waals surface area (Å²) in [4.78, 5) is 7.44. The number of halogens is 3. The Kier molecular flexibility index (Phi) is 3.16. The Morgan fingerprint density at radius 2 is 1.84 bits per heavy atom. The van der Waals surface area contributed by atoms with E-state index in [0.29, 0.717) is 0 Å². The number of alkyl halides is 3. The summed E-state index contributed by atoms with van der Waals surface area (Å²) in [6.07, 6.45) is -3.27. The number of nitrogens with zero attached hydrogens (tertiary/aromatic N) is 2. The molecular formula is C11H9F3N4O. The van der Waals surface area contributed by atoms with E-state index >= 15 is 0 Å². The molecule has 0 saturated carbocycles. The van der Waals surface area contributed by atoms with Gasteiger partial charge in [-0.15, -0.1) is 0 Å². The number of hydrogen-bond donors (Lipinski definition) is 2. The molecule has 0 spiro atoms. The van der Waals surface area contributed by atoms with Crippen molar-refractivity contribution in [1.82, 2.24) is 9.97 Å². The summed E-state index contributed by atoms with van der Waals surface area (Å²) in [6, 6.07) is 4.39. The predicted octanol–water partition coefficient (Wildman–Crippen LogP) is 2.45. The van der Waals surface area contributed by atoms with Gasteiger partial charge >= 0.3 is 6.18 Å². The van der Waals surface area contributed by atoms with Crippen molar-refractivity contribution in [3.8, 4) is 11.6 Å². The Bertz CT molecular complexity index is 601. The van der Waals surface area contributed by atoms with Gasteiger partial charge in [-0.3, -0.25) is 0 Å². The van der Waals surface area contributed by atoms with Crippen LogP contribution in [-0.2, 0) is 6.18 Å². The molecule has 19 heavy (non-hydrogen) atoms. The summed E-state index contributed by atoms with van der Waals surface area (Å²) < 4.78 is 42.7. The Morgan fingerprint density at radius 1 is 1.11 bits per heavy atom. The van der Waals surface area contributed by atoms with Gasteiger partial charge in [0.15, 0.2) is 11.6 Å². The fourth-order valence-corrected chi connectivity index (χ4v) is 1.30. The zero-order chi connectivity index (χ0) is 14.0. The van der Waals surface area contributed by atoms with Crippen LogP contribution in [0.15, 0.2) is 30.5 Å². The number of ether oxygens (including phenoxy) is 1. The van der Waals surface area contributed by atoms with Gasteiger partial charge in [0.1, 0.15) is 5.75 Å². The minimum atomic E-state index is -4.44. The number of anilines is 2. The van der Waals surface area contributed by atoms with Crippen molar-refractivity contribution in [2.24, 2.45) is 0 Å². The van der Waals surface area contributed by atoms with E-state index in [1.807, 2.05) is 0 Å². The first kappa shape index (κ1) is 12.9.